The van der Waals surface area contributed by atoms with E-state index in [1.165, 1.54) is 0 Å². The molecule has 26 heavy (non-hydrogen) atoms. The molecule has 0 saturated heterocycles. The maximum atomic E-state index is 13.2. The zero-order valence-electron chi connectivity index (χ0n) is 15.5. The normalized spacial score (nSPS) is 11.7. The van der Waals surface area contributed by atoms with Gasteiger partial charge in [0.25, 0.3) is 0 Å². The second kappa shape index (κ2) is 7.30. The van der Waals surface area contributed by atoms with Gasteiger partial charge in [-0.25, -0.2) is 4.98 Å². The van der Waals surface area contributed by atoms with Gasteiger partial charge in [0.2, 0.25) is 5.91 Å². The van der Waals surface area contributed by atoms with Gasteiger partial charge in [-0.15, -0.1) is 0 Å². The van der Waals surface area contributed by atoms with Crippen molar-refractivity contribution in [1.29, 1.82) is 0 Å². The van der Waals surface area contributed by atoms with E-state index in [4.69, 9.17) is 0 Å². The minimum atomic E-state index is -0.317. The first-order chi connectivity index (χ1) is 12.4. The van der Waals surface area contributed by atoms with Crippen molar-refractivity contribution in [2.24, 2.45) is 0 Å². The maximum absolute atomic E-state index is 13.2. The predicted molar refractivity (Wildman–Crippen MR) is 102 cm³/mol. The molecule has 0 bridgehead atoms. The largest absolute Gasteiger partial charge is 0.388 e. The van der Waals surface area contributed by atoms with Crippen molar-refractivity contribution in [2.45, 2.75) is 46.0 Å². The van der Waals surface area contributed by atoms with E-state index in [2.05, 4.69) is 4.98 Å². The first-order valence-electron chi connectivity index (χ1n) is 8.79. The van der Waals surface area contributed by atoms with Gasteiger partial charge < -0.3 is 14.6 Å². The predicted octanol–water partition coefficient (Wildman–Crippen LogP) is 3.36. The minimum absolute atomic E-state index is 0.000735. The Morgan fingerprint density at radius 1 is 1.08 bits per heavy atom. The highest BCUT2D eigenvalue weighted by Gasteiger charge is 2.27. The lowest BCUT2D eigenvalue weighted by Crippen LogP contribution is -2.46. The molecular weight excluding hydrogens is 326 g/mol. The highest BCUT2D eigenvalue weighted by Crippen LogP contribution is 2.21. The lowest BCUT2D eigenvalue weighted by atomic mass is 10.0. The number of aliphatic hydroxyl groups excluding tert-OH is 1. The third-order valence-electron chi connectivity index (χ3n) is 4.46. The molecule has 1 heterocycles. The van der Waals surface area contributed by atoms with Gasteiger partial charge in [-0.1, -0.05) is 42.5 Å². The third-order valence-corrected chi connectivity index (χ3v) is 4.46. The highest BCUT2D eigenvalue weighted by molar-refractivity contribution is 5.81. The average molecular weight is 351 g/mol. The summed E-state index contributed by atoms with van der Waals surface area (Å²) >= 11 is 0. The Bertz CT molecular complexity index is 895. The number of hydrogen-bond acceptors (Lipinski definition) is 3. The fourth-order valence-corrected chi connectivity index (χ4v) is 3.11. The lowest BCUT2D eigenvalue weighted by Gasteiger charge is -2.36. The molecule has 3 rings (SSSR count). The van der Waals surface area contributed by atoms with Crippen LogP contribution in [0.25, 0.3) is 11.0 Å². The maximum Gasteiger partial charge on any atom is 0.243 e. The van der Waals surface area contributed by atoms with Gasteiger partial charge in [0.1, 0.15) is 19.0 Å². The number of aliphatic hydroxyl groups is 1. The summed E-state index contributed by atoms with van der Waals surface area (Å²) in [6, 6.07) is 17.6. The van der Waals surface area contributed by atoms with Crippen LogP contribution in [0, 0.1) is 0 Å². The molecule has 0 aliphatic carbocycles. The number of fused-ring (bicyclic) bond motifs is 1. The second-order valence-corrected chi connectivity index (χ2v) is 7.40. The van der Waals surface area contributed by atoms with Crippen LogP contribution in [0.4, 0.5) is 0 Å². The zero-order chi connectivity index (χ0) is 18.7. The van der Waals surface area contributed by atoms with Crippen LogP contribution >= 0.6 is 0 Å². The van der Waals surface area contributed by atoms with E-state index >= 15 is 0 Å². The van der Waals surface area contributed by atoms with E-state index in [0.29, 0.717) is 12.4 Å². The number of benzene rings is 2. The van der Waals surface area contributed by atoms with Crippen LogP contribution in [0.1, 0.15) is 32.2 Å². The van der Waals surface area contributed by atoms with Crippen LogP contribution in [0.2, 0.25) is 0 Å². The monoisotopic (exact) mass is 351 g/mol. The number of rotatable bonds is 5. The van der Waals surface area contributed by atoms with Crippen molar-refractivity contribution in [3.63, 3.8) is 0 Å². The molecule has 5 nitrogen and oxygen atoms in total. The number of nitrogens with zero attached hydrogens (tertiary/aromatic N) is 3. The Morgan fingerprint density at radius 3 is 2.38 bits per heavy atom. The van der Waals surface area contributed by atoms with E-state index in [9.17, 15) is 9.90 Å². The van der Waals surface area contributed by atoms with Gasteiger partial charge >= 0.3 is 0 Å². The number of imidazole rings is 1. The van der Waals surface area contributed by atoms with Gasteiger partial charge in [-0.3, -0.25) is 4.79 Å². The molecule has 0 radical (unpaired) electrons. The first-order valence-corrected chi connectivity index (χ1v) is 8.79. The van der Waals surface area contributed by atoms with Crippen LogP contribution in [-0.4, -0.2) is 31.0 Å². The number of amides is 1. The van der Waals surface area contributed by atoms with E-state index < -0.39 is 0 Å². The standard InChI is InChI=1S/C21H25N3O2/c1-21(2,3)24(13-16-9-5-4-6-10-16)20(26)14-23-18-12-8-7-11-17(18)22-19(23)15-25/h4-12,25H,13-15H2,1-3H3. The van der Waals surface area contributed by atoms with E-state index in [-0.39, 0.29) is 24.6 Å². The highest BCUT2D eigenvalue weighted by atomic mass is 16.3. The van der Waals surface area contributed by atoms with Crippen molar-refractivity contribution in [2.75, 3.05) is 0 Å². The van der Waals surface area contributed by atoms with Gasteiger partial charge in [-0.05, 0) is 38.5 Å². The summed E-state index contributed by atoms with van der Waals surface area (Å²) < 4.78 is 1.81. The second-order valence-electron chi connectivity index (χ2n) is 7.40. The van der Waals surface area contributed by atoms with Gasteiger partial charge in [0, 0.05) is 12.1 Å². The molecule has 0 fully saturated rings. The van der Waals surface area contributed by atoms with Crippen LogP contribution in [0.15, 0.2) is 54.6 Å². The molecule has 0 atom stereocenters. The first kappa shape index (κ1) is 18.1. The molecule has 3 aromatic rings. The van der Waals surface area contributed by atoms with E-state index in [0.717, 1.165) is 16.6 Å². The van der Waals surface area contributed by atoms with Crippen molar-refractivity contribution in [3.8, 4) is 0 Å². The Balaban J connectivity index is 1.91. The molecule has 0 unspecified atom stereocenters. The van der Waals surface area contributed by atoms with Crippen molar-refractivity contribution >= 4 is 16.9 Å². The number of carbonyl (C=O) groups is 1. The molecule has 1 aromatic heterocycles. The summed E-state index contributed by atoms with van der Waals surface area (Å²) in [5, 5.41) is 9.66. The Morgan fingerprint density at radius 2 is 1.73 bits per heavy atom. The fourth-order valence-electron chi connectivity index (χ4n) is 3.11. The molecule has 0 saturated carbocycles. The molecule has 2 aromatic carbocycles. The number of carbonyl (C=O) groups excluding carboxylic acids is 1. The van der Waals surface area contributed by atoms with Gasteiger partial charge in [-0.2, -0.15) is 0 Å². The zero-order valence-corrected chi connectivity index (χ0v) is 15.5. The molecule has 1 N–H and O–H groups in total. The van der Waals surface area contributed by atoms with Crippen molar-refractivity contribution in [1.82, 2.24) is 14.5 Å². The number of hydrogen-bond donors (Lipinski definition) is 1. The molecular formula is C21H25N3O2. The van der Waals surface area contributed by atoms with Gasteiger partial charge in [0.05, 0.1) is 11.0 Å². The molecule has 0 aliphatic rings. The summed E-state index contributed by atoms with van der Waals surface area (Å²) in [5.41, 5.74) is 2.42. The van der Waals surface area contributed by atoms with Crippen molar-refractivity contribution in [3.05, 3.63) is 66.0 Å². The average Bonchev–Trinajstić information content (AvgIpc) is 2.97. The SMILES string of the molecule is CC(C)(C)N(Cc1ccccc1)C(=O)Cn1c(CO)nc2ccccc21. The molecule has 0 aliphatic heterocycles. The van der Waals surface area contributed by atoms with Crippen LogP contribution in [0.5, 0.6) is 0 Å². The van der Waals surface area contributed by atoms with Crippen LogP contribution in [-0.2, 0) is 24.5 Å². The van der Waals surface area contributed by atoms with Gasteiger partial charge in [0.15, 0.2) is 0 Å². The Kier molecular flexibility index (Phi) is 5.09. The molecule has 136 valence electrons. The van der Waals surface area contributed by atoms with E-state index in [1.54, 1.807) is 4.57 Å². The number of aromatic nitrogens is 2. The lowest BCUT2D eigenvalue weighted by molar-refractivity contribution is -0.137. The van der Waals surface area contributed by atoms with Crippen LogP contribution < -0.4 is 0 Å². The summed E-state index contributed by atoms with van der Waals surface area (Å²) in [5.74, 6) is 0.507. The Hall–Kier alpha value is -2.66. The van der Waals surface area contributed by atoms with Crippen molar-refractivity contribution < 1.29 is 9.90 Å². The van der Waals surface area contributed by atoms with Crippen LogP contribution in [0.3, 0.4) is 0 Å². The number of para-hydroxylation sites is 2. The molecule has 0 spiro atoms. The summed E-state index contributed by atoms with van der Waals surface area (Å²) in [6.07, 6.45) is 0. The summed E-state index contributed by atoms with van der Waals surface area (Å²) in [4.78, 5) is 19.5. The Labute approximate surface area is 153 Å². The fraction of sp³-hybridized carbons (Fsp3) is 0.333. The van der Waals surface area contributed by atoms with E-state index in [1.807, 2.05) is 80.3 Å². The minimum Gasteiger partial charge on any atom is -0.388 e. The summed E-state index contributed by atoms with van der Waals surface area (Å²) in [7, 11) is 0. The smallest absolute Gasteiger partial charge is 0.243 e. The third kappa shape index (κ3) is 3.78. The summed E-state index contributed by atoms with van der Waals surface area (Å²) in [6.45, 7) is 6.60. The topological polar surface area (TPSA) is 58.4 Å². The molecule has 1 amide bonds. The quantitative estimate of drug-likeness (QED) is 0.767. The molecule has 5 heteroatoms.